The standard InChI is InChI=1S/C43H54ClN3.2ClH.Co/c44-35-27-36(29-45-42-38(31-15-5-1-6-16-31)23-13-24-39(42)32-17-7-2-8-18-32)47-37(28-35)30-46-43-40(33-19-9-3-10-20-33)25-14-26-41(43)34-21-11-4-12-22-34;;;/h13-14,23-34H,1-12,15-22H2;2*1H;/q;;;+2/p-2. The van der Waals surface area contributed by atoms with Crippen molar-refractivity contribution in [1.29, 1.82) is 0 Å². The van der Waals surface area contributed by atoms with Crippen LogP contribution in [0.3, 0.4) is 0 Å². The van der Waals surface area contributed by atoms with Crippen molar-refractivity contribution in [3.8, 4) is 0 Å². The van der Waals surface area contributed by atoms with Crippen LogP contribution in [0, 0.1) is 0 Å². The molecule has 0 saturated heterocycles. The maximum Gasteiger partial charge on any atom is 2.00 e. The van der Waals surface area contributed by atoms with Crippen LogP contribution in [0.15, 0.2) is 58.5 Å². The molecule has 4 aliphatic carbocycles. The maximum absolute atomic E-state index is 6.76. The second-order valence-corrected chi connectivity index (χ2v) is 15.5. The number of aromatic nitrogens is 1. The SMILES string of the molecule is Clc1cc(C=Nc2c(C3CCCCC3)cccc2C2CCCCC2)nc(C=Nc2c(C3CCCCC3)cccc2C2CCCCC2)c1.[Cl-].[Cl-].[Co+2]. The van der Waals surface area contributed by atoms with Crippen LogP contribution in [0.1, 0.15) is 186 Å². The smallest absolute Gasteiger partial charge is 1.00 e. The minimum atomic E-state index is 0. The summed E-state index contributed by atoms with van der Waals surface area (Å²) in [5, 5.41) is 0.684. The quantitative estimate of drug-likeness (QED) is 0.220. The number of benzene rings is 2. The Hall–Kier alpha value is -1.69. The molecular formula is C43H54Cl3CoN3. The molecule has 271 valence electrons. The molecular weight excluding hydrogens is 724 g/mol. The predicted molar refractivity (Wildman–Crippen MR) is 200 cm³/mol. The summed E-state index contributed by atoms with van der Waals surface area (Å²) in [6.45, 7) is 0. The van der Waals surface area contributed by atoms with E-state index in [9.17, 15) is 0 Å². The van der Waals surface area contributed by atoms with Gasteiger partial charge in [-0.1, -0.05) is 125 Å². The van der Waals surface area contributed by atoms with Gasteiger partial charge in [0.05, 0.1) is 35.2 Å². The number of para-hydroxylation sites is 2. The molecule has 7 rings (SSSR count). The van der Waals surface area contributed by atoms with E-state index in [1.54, 1.807) is 0 Å². The molecule has 4 fully saturated rings. The van der Waals surface area contributed by atoms with Crippen LogP contribution in [0.2, 0.25) is 5.02 Å². The van der Waals surface area contributed by atoms with Crippen molar-refractivity contribution in [1.82, 2.24) is 4.98 Å². The van der Waals surface area contributed by atoms with E-state index in [0.717, 1.165) is 11.4 Å². The number of pyridine rings is 1. The van der Waals surface area contributed by atoms with Gasteiger partial charge in [0.25, 0.3) is 0 Å². The van der Waals surface area contributed by atoms with E-state index < -0.39 is 0 Å². The fourth-order valence-corrected chi connectivity index (χ4v) is 9.59. The zero-order valence-electron chi connectivity index (χ0n) is 29.5. The van der Waals surface area contributed by atoms with Crippen LogP contribution >= 0.6 is 11.6 Å². The molecule has 2 aromatic carbocycles. The summed E-state index contributed by atoms with van der Waals surface area (Å²) in [7, 11) is 0. The summed E-state index contributed by atoms with van der Waals surface area (Å²) >= 11 is 6.76. The summed E-state index contributed by atoms with van der Waals surface area (Å²) in [5.41, 5.74) is 9.82. The van der Waals surface area contributed by atoms with E-state index in [2.05, 4.69) is 36.4 Å². The molecule has 4 saturated carbocycles. The van der Waals surface area contributed by atoms with Crippen molar-refractivity contribution < 1.29 is 41.6 Å². The minimum Gasteiger partial charge on any atom is -1.00 e. The van der Waals surface area contributed by atoms with Crippen LogP contribution in [0.5, 0.6) is 0 Å². The average Bonchev–Trinajstić information content (AvgIpc) is 3.14. The predicted octanol–water partition coefficient (Wildman–Crippen LogP) is 7.43. The summed E-state index contributed by atoms with van der Waals surface area (Å²) in [6.07, 6.45) is 30.2. The van der Waals surface area contributed by atoms with E-state index in [4.69, 9.17) is 26.6 Å². The second-order valence-electron chi connectivity index (χ2n) is 15.1. The van der Waals surface area contributed by atoms with Gasteiger partial charge in [0.1, 0.15) is 0 Å². The molecule has 0 N–H and O–H groups in total. The number of nitrogens with zero attached hydrogens (tertiary/aromatic N) is 3. The van der Waals surface area contributed by atoms with Crippen LogP contribution in [-0.2, 0) is 16.8 Å². The van der Waals surface area contributed by atoms with Crippen molar-refractivity contribution in [2.24, 2.45) is 9.98 Å². The third-order valence-corrected chi connectivity index (χ3v) is 12.1. The number of rotatable bonds is 8. The molecule has 3 aromatic rings. The van der Waals surface area contributed by atoms with E-state index in [0.29, 0.717) is 28.7 Å². The minimum absolute atomic E-state index is 0. The Bertz CT molecular complexity index is 1360. The molecule has 0 spiro atoms. The van der Waals surface area contributed by atoms with E-state index in [1.807, 2.05) is 24.6 Å². The summed E-state index contributed by atoms with van der Waals surface area (Å²) in [4.78, 5) is 15.6. The molecule has 0 bridgehead atoms. The van der Waals surface area contributed by atoms with Gasteiger partial charge in [-0.2, -0.15) is 0 Å². The van der Waals surface area contributed by atoms with Gasteiger partial charge in [-0.25, -0.2) is 4.98 Å². The molecule has 0 atom stereocenters. The van der Waals surface area contributed by atoms with Gasteiger partial charge in [0.2, 0.25) is 0 Å². The first-order chi connectivity index (χ1) is 23.2. The van der Waals surface area contributed by atoms with Gasteiger partial charge in [0, 0.05) is 5.02 Å². The molecule has 50 heavy (non-hydrogen) atoms. The summed E-state index contributed by atoms with van der Waals surface area (Å²) < 4.78 is 0. The molecule has 0 unspecified atom stereocenters. The molecule has 7 heteroatoms. The molecule has 0 amide bonds. The Morgan fingerprint density at radius 3 is 1.04 bits per heavy atom. The van der Waals surface area contributed by atoms with Crippen molar-refractivity contribution in [2.75, 3.05) is 0 Å². The van der Waals surface area contributed by atoms with Crippen LogP contribution in [0.25, 0.3) is 0 Å². The fourth-order valence-electron chi connectivity index (χ4n) is 9.36. The van der Waals surface area contributed by atoms with Gasteiger partial charge < -0.3 is 24.8 Å². The first kappa shape index (κ1) is 41.1. The topological polar surface area (TPSA) is 37.6 Å². The fraction of sp³-hybridized carbons (Fsp3) is 0.558. The summed E-state index contributed by atoms with van der Waals surface area (Å²) in [5.74, 6) is 2.43. The van der Waals surface area contributed by atoms with E-state index in [-0.39, 0.29) is 41.6 Å². The Morgan fingerprint density at radius 1 is 0.480 bits per heavy atom. The van der Waals surface area contributed by atoms with E-state index in [1.165, 1.54) is 162 Å². The molecule has 1 aromatic heterocycles. The van der Waals surface area contributed by atoms with Crippen LogP contribution < -0.4 is 24.8 Å². The normalized spacial score (nSPS) is 19.9. The Labute approximate surface area is 329 Å². The molecule has 1 heterocycles. The Kier molecular flexibility index (Phi) is 16.9. The monoisotopic (exact) mass is 776 g/mol. The number of hydrogen-bond donors (Lipinski definition) is 0. The van der Waals surface area contributed by atoms with Gasteiger partial charge in [-0.05, 0) is 109 Å². The van der Waals surface area contributed by atoms with Crippen molar-refractivity contribution in [3.63, 3.8) is 0 Å². The van der Waals surface area contributed by atoms with Crippen LogP contribution in [0.4, 0.5) is 11.4 Å². The number of halogens is 3. The second kappa shape index (κ2) is 20.5. The number of hydrogen-bond acceptors (Lipinski definition) is 3. The van der Waals surface area contributed by atoms with E-state index >= 15 is 0 Å². The van der Waals surface area contributed by atoms with Crippen LogP contribution in [-0.4, -0.2) is 17.4 Å². The summed E-state index contributed by atoms with van der Waals surface area (Å²) in [6, 6.07) is 17.9. The Morgan fingerprint density at radius 2 is 0.760 bits per heavy atom. The maximum atomic E-state index is 6.76. The van der Waals surface area contributed by atoms with Gasteiger partial charge >= 0.3 is 16.8 Å². The molecule has 3 nitrogen and oxygen atoms in total. The zero-order chi connectivity index (χ0) is 31.8. The number of aliphatic imine (C=N–C) groups is 2. The Balaban J connectivity index is 0.00000187. The third kappa shape index (κ3) is 10.2. The van der Waals surface area contributed by atoms with Gasteiger partial charge in [-0.15, -0.1) is 0 Å². The first-order valence-corrected chi connectivity index (χ1v) is 19.6. The van der Waals surface area contributed by atoms with Gasteiger partial charge in [0.15, 0.2) is 0 Å². The van der Waals surface area contributed by atoms with Crippen molar-refractivity contribution >= 4 is 35.4 Å². The molecule has 0 aliphatic heterocycles. The zero-order valence-corrected chi connectivity index (χ0v) is 32.8. The molecule has 1 radical (unpaired) electrons. The van der Waals surface area contributed by atoms with Crippen molar-refractivity contribution in [3.05, 3.63) is 87.2 Å². The third-order valence-electron chi connectivity index (χ3n) is 11.9. The molecule has 4 aliphatic rings. The average molecular weight is 778 g/mol. The first-order valence-electron chi connectivity index (χ1n) is 19.2. The largest absolute Gasteiger partial charge is 2.00 e. The van der Waals surface area contributed by atoms with Crippen molar-refractivity contribution in [2.45, 2.75) is 152 Å². The van der Waals surface area contributed by atoms with Gasteiger partial charge in [-0.3, -0.25) is 9.98 Å².